The van der Waals surface area contributed by atoms with Crippen LogP contribution in [0.5, 0.6) is 0 Å². The molecule has 3 heterocycles. The van der Waals surface area contributed by atoms with E-state index in [0.717, 1.165) is 39.2 Å². The predicted octanol–water partition coefficient (Wildman–Crippen LogP) is 7.00. The Morgan fingerprint density at radius 3 is 1.50 bits per heavy atom. The fourth-order valence-corrected chi connectivity index (χ4v) is 4.00. The van der Waals surface area contributed by atoms with Gasteiger partial charge in [0.05, 0.1) is 11.4 Å². The van der Waals surface area contributed by atoms with Crippen molar-refractivity contribution in [3.8, 4) is 56.7 Å². The van der Waals surface area contributed by atoms with Crippen molar-refractivity contribution in [2.24, 2.45) is 0 Å². The number of hydrogen-bond donors (Lipinski definition) is 0. The molecule has 5 nitrogen and oxygen atoms in total. The minimum absolute atomic E-state index is 0.620. The van der Waals surface area contributed by atoms with Gasteiger partial charge in [-0.3, -0.25) is 9.97 Å². The smallest absolute Gasteiger partial charge is 0.164 e. The first-order valence-electron chi connectivity index (χ1n) is 11.7. The van der Waals surface area contributed by atoms with E-state index >= 15 is 0 Å². The molecule has 0 saturated heterocycles. The Balaban J connectivity index is 1.41. The third kappa shape index (κ3) is 4.50. The van der Waals surface area contributed by atoms with Crippen LogP contribution in [-0.4, -0.2) is 24.9 Å². The molecule has 0 radical (unpaired) electrons. The maximum absolute atomic E-state index is 4.84. The maximum atomic E-state index is 4.84. The van der Waals surface area contributed by atoms with Crippen molar-refractivity contribution in [1.29, 1.82) is 0 Å². The lowest BCUT2D eigenvalue weighted by molar-refractivity contribution is 1.07. The number of hydrogen-bond acceptors (Lipinski definition) is 5. The zero-order valence-corrected chi connectivity index (χ0v) is 19.4. The van der Waals surface area contributed by atoms with Crippen molar-refractivity contribution in [3.05, 3.63) is 128 Å². The summed E-state index contributed by atoms with van der Waals surface area (Å²) in [5, 5.41) is 0. The molecule has 5 heteroatoms. The number of pyridine rings is 2. The second-order valence-electron chi connectivity index (χ2n) is 8.27. The number of rotatable bonds is 5. The van der Waals surface area contributed by atoms with Gasteiger partial charge in [-0.2, -0.15) is 0 Å². The maximum Gasteiger partial charge on any atom is 0.164 e. The van der Waals surface area contributed by atoms with E-state index in [4.69, 9.17) is 19.9 Å². The highest BCUT2D eigenvalue weighted by Crippen LogP contribution is 2.28. The van der Waals surface area contributed by atoms with Crippen LogP contribution < -0.4 is 0 Å². The summed E-state index contributed by atoms with van der Waals surface area (Å²) >= 11 is 0. The summed E-state index contributed by atoms with van der Waals surface area (Å²) in [7, 11) is 0. The van der Waals surface area contributed by atoms with Crippen LogP contribution in [0.4, 0.5) is 0 Å². The lowest BCUT2D eigenvalue weighted by Crippen LogP contribution is -2.00. The van der Waals surface area contributed by atoms with Gasteiger partial charge >= 0.3 is 0 Å². The summed E-state index contributed by atoms with van der Waals surface area (Å²) in [6, 6.07) is 38.0. The summed E-state index contributed by atoms with van der Waals surface area (Å²) in [6.45, 7) is 0. The second kappa shape index (κ2) is 9.68. The third-order valence-corrected chi connectivity index (χ3v) is 5.84. The van der Waals surface area contributed by atoms with Gasteiger partial charge in [0.15, 0.2) is 17.5 Å². The van der Waals surface area contributed by atoms with Crippen LogP contribution in [-0.2, 0) is 0 Å². The summed E-state index contributed by atoms with van der Waals surface area (Å²) in [5.74, 6) is 1.90. The Bertz CT molecular complexity index is 1540. The minimum Gasteiger partial charge on any atom is -0.256 e. The highest BCUT2D eigenvalue weighted by atomic mass is 15.0. The van der Waals surface area contributed by atoms with Gasteiger partial charge in [-0.1, -0.05) is 84.9 Å². The second-order valence-corrected chi connectivity index (χ2v) is 8.27. The molecule has 0 atom stereocenters. The summed E-state index contributed by atoms with van der Waals surface area (Å²) in [5.41, 5.74) is 6.54. The highest BCUT2D eigenvalue weighted by Gasteiger charge is 2.13. The van der Waals surface area contributed by atoms with Crippen LogP contribution in [0, 0.1) is 0 Å². The molecule has 6 aromatic rings. The SMILES string of the molecule is c1ccc(-c2nc(-c3ccccc3)nc(-c3cccc(-c4ccc(-c5ccccn5)cn4)c3)n2)cc1. The van der Waals surface area contributed by atoms with E-state index in [2.05, 4.69) is 11.1 Å². The predicted molar refractivity (Wildman–Crippen MR) is 143 cm³/mol. The molecule has 0 unspecified atom stereocenters. The summed E-state index contributed by atoms with van der Waals surface area (Å²) < 4.78 is 0. The fraction of sp³-hybridized carbons (Fsp3) is 0. The van der Waals surface area contributed by atoms with Crippen LogP contribution in [0.2, 0.25) is 0 Å². The molecule has 3 aromatic heterocycles. The Morgan fingerprint density at radius 1 is 0.361 bits per heavy atom. The first kappa shape index (κ1) is 21.5. The van der Waals surface area contributed by atoms with Crippen molar-refractivity contribution < 1.29 is 0 Å². The fourth-order valence-electron chi connectivity index (χ4n) is 4.00. The number of nitrogens with zero attached hydrogens (tertiary/aromatic N) is 5. The molecule has 6 rings (SSSR count). The molecule has 0 amide bonds. The Kier molecular flexibility index (Phi) is 5.78. The van der Waals surface area contributed by atoms with E-state index in [1.165, 1.54) is 0 Å². The molecule has 0 aliphatic rings. The lowest BCUT2D eigenvalue weighted by Gasteiger charge is -2.09. The van der Waals surface area contributed by atoms with Crippen LogP contribution in [0.3, 0.4) is 0 Å². The lowest BCUT2D eigenvalue weighted by atomic mass is 10.1. The summed E-state index contributed by atoms with van der Waals surface area (Å²) in [4.78, 5) is 23.6. The van der Waals surface area contributed by atoms with Crippen molar-refractivity contribution in [3.63, 3.8) is 0 Å². The summed E-state index contributed by atoms with van der Waals surface area (Å²) in [6.07, 6.45) is 3.64. The van der Waals surface area contributed by atoms with Gasteiger partial charge in [0.1, 0.15) is 0 Å². The van der Waals surface area contributed by atoms with Crippen molar-refractivity contribution in [2.45, 2.75) is 0 Å². The van der Waals surface area contributed by atoms with Crippen molar-refractivity contribution in [2.75, 3.05) is 0 Å². The zero-order valence-electron chi connectivity index (χ0n) is 19.4. The van der Waals surface area contributed by atoms with Crippen LogP contribution in [0.1, 0.15) is 0 Å². The first-order chi connectivity index (χ1) is 17.8. The quantitative estimate of drug-likeness (QED) is 0.275. The zero-order chi connectivity index (χ0) is 24.2. The molecule has 0 aliphatic carbocycles. The molecular weight excluding hydrogens is 442 g/mol. The van der Waals surface area contributed by atoms with Crippen LogP contribution >= 0.6 is 0 Å². The molecule has 170 valence electrons. The van der Waals surface area contributed by atoms with Crippen molar-refractivity contribution in [1.82, 2.24) is 24.9 Å². The van der Waals surface area contributed by atoms with Gasteiger partial charge in [-0.25, -0.2) is 15.0 Å². The number of aromatic nitrogens is 5. The average Bonchev–Trinajstić information content (AvgIpc) is 2.98. The standard InChI is InChI=1S/C31H21N5/c1-3-10-22(11-4-1)29-34-30(23-12-5-2-6-13-23)36-31(35-29)25-15-9-14-24(20-25)28-18-17-26(21-33-28)27-16-7-8-19-32-27/h1-21H. The van der Waals surface area contributed by atoms with Gasteiger partial charge < -0.3 is 0 Å². The van der Waals surface area contributed by atoms with Gasteiger partial charge in [0, 0.05) is 40.2 Å². The highest BCUT2D eigenvalue weighted by molar-refractivity contribution is 5.72. The van der Waals surface area contributed by atoms with E-state index in [-0.39, 0.29) is 0 Å². The Labute approximate surface area is 209 Å². The average molecular weight is 464 g/mol. The van der Waals surface area contributed by atoms with E-state index in [1.54, 1.807) is 6.20 Å². The topological polar surface area (TPSA) is 64.5 Å². The van der Waals surface area contributed by atoms with Gasteiger partial charge in [0.25, 0.3) is 0 Å². The van der Waals surface area contributed by atoms with Gasteiger partial charge in [-0.05, 0) is 30.3 Å². The molecule has 0 saturated carbocycles. The largest absolute Gasteiger partial charge is 0.256 e. The molecule has 0 fully saturated rings. The molecule has 0 aliphatic heterocycles. The minimum atomic E-state index is 0.620. The Hall–Kier alpha value is -5.03. The molecule has 0 N–H and O–H groups in total. The van der Waals surface area contributed by atoms with E-state index in [9.17, 15) is 0 Å². The van der Waals surface area contributed by atoms with E-state index in [0.29, 0.717) is 17.5 Å². The van der Waals surface area contributed by atoms with Gasteiger partial charge in [0.2, 0.25) is 0 Å². The van der Waals surface area contributed by atoms with Crippen molar-refractivity contribution >= 4 is 0 Å². The normalized spacial score (nSPS) is 10.8. The third-order valence-electron chi connectivity index (χ3n) is 5.84. The number of benzene rings is 3. The molecule has 3 aromatic carbocycles. The van der Waals surface area contributed by atoms with E-state index < -0.39 is 0 Å². The molecule has 0 spiro atoms. The Morgan fingerprint density at radius 2 is 0.917 bits per heavy atom. The molecule has 0 bridgehead atoms. The van der Waals surface area contributed by atoms with Crippen LogP contribution in [0.15, 0.2) is 128 Å². The van der Waals surface area contributed by atoms with Gasteiger partial charge in [-0.15, -0.1) is 0 Å². The monoisotopic (exact) mass is 463 g/mol. The van der Waals surface area contributed by atoms with E-state index in [1.807, 2.05) is 115 Å². The molecule has 36 heavy (non-hydrogen) atoms. The first-order valence-corrected chi connectivity index (χ1v) is 11.7. The van der Waals surface area contributed by atoms with Crippen LogP contribution in [0.25, 0.3) is 56.7 Å². The molecular formula is C31H21N5.